The number of nitrogens with zero attached hydrogens (tertiary/aromatic N) is 1. The summed E-state index contributed by atoms with van der Waals surface area (Å²) >= 11 is 0. The molecule has 110 valence electrons. The Kier molecular flexibility index (Phi) is 4.98. The number of methoxy groups -OCH3 is 1. The van der Waals surface area contributed by atoms with Crippen LogP contribution in [-0.2, 0) is 11.3 Å². The molecule has 2 rings (SSSR count). The van der Waals surface area contributed by atoms with Gasteiger partial charge in [0.2, 0.25) is 5.91 Å². The highest BCUT2D eigenvalue weighted by molar-refractivity contribution is 5.82. The van der Waals surface area contributed by atoms with E-state index in [9.17, 15) is 4.79 Å². The summed E-state index contributed by atoms with van der Waals surface area (Å²) in [5.74, 6) is 0.922. The smallest absolute Gasteiger partial charge is 0.241 e. The van der Waals surface area contributed by atoms with Crippen LogP contribution >= 0.6 is 0 Å². The average molecular weight is 277 g/mol. The van der Waals surface area contributed by atoms with E-state index in [1.807, 2.05) is 31.3 Å². The zero-order valence-corrected chi connectivity index (χ0v) is 12.3. The Bertz CT molecular complexity index is 456. The topological polar surface area (TPSA) is 53.6 Å². The molecule has 0 aliphatic carbocycles. The number of hydrogen-bond acceptors (Lipinski definition) is 4. The second-order valence-corrected chi connectivity index (χ2v) is 5.28. The molecule has 1 fully saturated rings. The molecule has 5 heteroatoms. The third-order valence-electron chi connectivity index (χ3n) is 3.62. The van der Waals surface area contributed by atoms with Gasteiger partial charge in [-0.05, 0) is 13.0 Å². The summed E-state index contributed by atoms with van der Waals surface area (Å²) in [5.41, 5.74) is 1.02. The summed E-state index contributed by atoms with van der Waals surface area (Å²) in [5, 5.41) is 6.60. The average Bonchev–Trinajstić information content (AvgIpc) is 2.48. The standard InChI is InChI=1S/C15H23N3O2/c1-11-8-17-13(9-16-11)15(19)18(2)10-12-6-4-5-7-14(12)20-3/h4-7,11,13,16-17H,8-10H2,1-3H3. The molecule has 1 aliphatic heterocycles. The lowest BCUT2D eigenvalue weighted by Crippen LogP contribution is -2.58. The first-order valence-corrected chi connectivity index (χ1v) is 6.95. The number of amides is 1. The van der Waals surface area contributed by atoms with Gasteiger partial charge in [-0.3, -0.25) is 4.79 Å². The Labute approximate surface area is 120 Å². The molecule has 1 aromatic rings. The van der Waals surface area contributed by atoms with Crippen molar-refractivity contribution in [2.45, 2.75) is 25.6 Å². The van der Waals surface area contributed by atoms with Crippen LogP contribution in [0.15, 0.2) is 24.3 Å². The van der Waals surface area contributed by atoms with Gasteiger partial charge in [-0.15, -0.1) is 0 Å². The first-order chi connectivity index (χ1) is 9.61. The van der Waals surface area contributed by atoms with Gasteiger partial charge in [0.1, 0.15) is 5.75 Å². The van der Waals surface area contributed by atoms with E-state index in [1.165, 1.54) is 0 Å². The number of likely N-dealkylation sites (N-methyl/N-ethyl adjacent to an activating group) is 1. The highest BCUT2D eigenvalue weighted by atomic mass is 16.5. The maximum absolute atomic E-state index is 12.4. The van der Waals surface area contributed by atoms with Gasteiger partial charge in [-0.25, -0.2) is 0 Å². The van der Waals surface area contributed by atoms with Crippen molar-refractivity contribution in [3.8, 4) is 5.75 Å². The second-order valence-electron chi connectivity index (χ2n) is 5.28. The van der Waals surface area contributed by atoms with E-state index in [-0.39, 0.29) is 11.9 Å². The molecule has 0 spiro atoms. The molecule has 1 aliphatic rings. The Hall–Kier alpha value is -1.59. The lowest BCUT2D eigenvalue weighted by atomic mass is 10.1. The van der Waals surface area contributed by atoms with Crippen molar-refractivity contribution >= 4 is 5.91 Å². The number of hydrogen-bond donors (Lipinski definition) is 2. The normalized spacial score (nSPS) is 22.4. The van der Waals surface area contributed by atoms with E-state index < -0.39 is 0 Å². The highest BCUT2D eigenvalue weighted by Gasteiger charge is 2.26. The van der Waals surface area contributed by atoms with Gasteiger partial charge < -0.3 is 20.3 Å². The van der Waals surface area contributed by atoms with Crippen molar-refractivity contribution < 1.29 is 9.53 Å². The molecule has 2 unspecified atom stereocenters. The van der Waals surface area contributed by atoms with Crippen LogP contribution in [0, 0.1) is 0 Å². The number of benzene rings is 1. The van der Waals surface area contributed by atoms with E-state index in [4.69, 9.17) is 4.74 Å². The van der Waals surface area contributed by atoms with Crippen molar-refractivity contribution in [3.05, 3.63) is 29.8 Å². The molecule has 2 atom stereocenters. The van der Waals surface area contributed by atoms with Crippen LogP contribution in [0.5, 0.6) is 5.75 Å². The van der Waals surface area contributed by atoms with Gasteiger partial charge in [0, 0.05) is 38.3 Å². The van der Waals surface area contributed by atoms with Gasteiger partial charge in [-0.2, -0.15) is 0 Å². The predicted molar refractivity (Wildman–Crippen MR) is 78.7 cm³/mol. The minimum atomic E-state index is -0.147. The molecule has 1 aromatic carbocycles. The lowest BCUT2D eigenvalue weighted by Gasteiger charge is -2.31. The number of para-hydroxylation sites is 1. The minimum absolute atomic E-state index is 0.107. The molecule has 1 saturated heterocycles. The van der Waals surface area contributed by atoms with Gasteiger partial charge in [0.15, 0.2) is 0 Å². The number of carbonyl (C=O) groups is 1. The van der Waals surface area contributed by atoms with E-state index in [1.54, 1.807) is 12.0 Å². The molecule has 1 heterocycles. The Morgan fingerprint density at radius 1 is 1.35 bits per heavy atom. The van der Waals surface area contributed by atoms with Crippen LogP contribution in [0.2, 0.25) is 0 Å². The lowest BCUT2D eigenvalue weighted by molar-refractivity contribution is -0.133. The third-order valence-corrected chi connectivity index (χ3v) is 3.62. The zero-order valence-electron chi connectivity index (χ0n) is 12.3. The monoisotopic (exact) mass is 277 g/mol. The summed E-state index contributed by atoms with van der Waals surface area (Å²) in [4.78, 5) is 14.1. The van der Waals surface area contributed by atoms with Crippen LogP contribution in [0.4, 0.5) is 0 Å². The molecule has 0 saturated carbocycles. The highest BCUT2D eigenvalue weighted by Crippen LogP contribution is 2.19. The number of piperazine rings is 1. The fraction of sp³-hybridized carbons (Fsp3) is 0.533. The van der Waals surface area contributed by atoms with Gasteiger partial charge in [0.05, 0.1) is 13.2 Å². The molecule has 20 heavy (non-hydrogen) atoms. The maximum Gasteiger partial charge on any atom is 0.241 e. The molecule has 2 N–H and O–H groups in total. The molecular weight excluding hydrogens is 254 g/mol. The van der Waals surface area contributed by atoms with Crippen molar-refractivity contribution in [3.63, 3.8) is 0 Å². The maximum atomic E-state index is 12.4. The molecule has 0 aromatic heterocycles. The van der Waals surface area contributed by atoms with Crippen molar-refractivity contribution in [2.24, 2.45) is 0 Å². The molecule has 1 amide bonds. The third kappa shape index (κ3) is 3.49. The van der Waals surface area contributed by atoms with E-state index in [2.05, 4.69) is 17.6 Å². The zero-order chi connectivity index (χ0) is 14.5. The molecule has 0 radical (unpaired) electrons. The van der Waals surface area contributed by atoms with Crippen LogP contribution in [0.1, 0.15) is 12.5 Å². The number of nitrogens with one attached hydrogen (secondary N) is 2. The summed E-state index contributed by atoms with van der Waals surface area (Å²) in [7, 11) is 3.48. The Balaban J connectivity index is 1.97. The first-order valence-electron chi connectivity index (χ1n) is 6.95. The fourth-order valence-corrected chi connectivity index (χ4v) is 2.39. The minimum Gasteiger partial charge on any atom is -0.496 e. The largest absolute Gasteiger partial charge is 0.496 e. The van der Waals surface area contributed by atoms with E-state index >= 15 is 0 Å². The predicted octanol–water partition coefficient (Wildman–Crippen LogP) is 0.604. The summed E-state index contributed by atoms with van der Waals surface area (Å²) in [6.07, 6.45) is 0. The second kappa shape index (κ2) is 6.72. The fourth-order valence-electron chi connectivity index (χ4n) is 2.39. The number of carbonyl (C=O) groups excluding carboxylic acids is 1. The summed E-state index contributed by atoms with van der Waals surface area (Å²) in [6.45, 7) is 4.15. The van der Waals surface area contributed by atoms with Gasteiger partial charge >= 0.3 is 0 Å². The van der Waals surface area contributed by atoms with Crippen LogP contribution in [-0.4, -0.2) is 50.1 Å². The van der Waals surface area contributed by atoms with E-state index in [0.29, 0.717) is 19.1 Å². The quantitative estimate of drug-likeness (QED) is 0.846. The van der Waals surface area contributed by atoms with Crippen molar-refractivity contribution in [2.75, 3.05) is 27.2 Å². The summed E-state index contributed by atoms with van der Waals surface area (Å²) < 4.78 is 5.32. The van der Waals surface area contributed by atoms with Crippen molar-refractivity contribution in [1.82, 2.24) is 15.5 Å². The number of rotatable bonds is 4. The van der Waals surface area contributed by atoms with Crippen LogP contribution in [0.25, 0.3) is 0 Å². The molecule has 5 nitrogen and oxygen atoms in total. The Morgan fingerprint density at radius 2 is 2.10 bits per heavy atom. The molecule has 0 bridgehead atoms. The molecular formula is C15H23N3O2. The van der Waals surface area contributed by atoms with E-state index in [0.717, 1.165) is 17.9 Å². The number of ether oxygens (including phenoxy) is 1. The van der Waals surface area contributed by atoms with Crippen LogP contribution in [0.3, 0.4) is 0 Å². The first kappa shape index (κ1) is 14.8. The summed E-state index contributed by atoms with van der Waals surface area (Å²) in [6, 6.07) is 8.05. The van der Waals surface area contributed by atoms with Crippen LogP contribution < -0.4 is 15.4 Å². The Morgan fingerprint density at radius 3 is 2.75 bits per heavy atom. The van der Waals surface area contributed by atoms with Gasteiger partial charge in [0.25, 0.3) is 0 Å². The van der Waals surface area contributed by atoms with Crippen molar-refractivity contribution in [1.29, 1.82) is 0 Å². The van der Waals surface area contributed by atoms with Gasteiger partial charge in [-0.1, -0.05) is 18.2 Å². The SMILES string of the molecule is COc1ccccc1CN(C)C(=O)C1CNC(C)CN1.